The Hall–Kier alpha value is -2.47. The normalized spacial score (nSPS) is 10.9. The predicted molar refractivity (Wildman–Crippen MR) is 76.6 cm³/mol. The van der Waals surface area contributed by atoms with Gasteiger partial charge in [-0.05, 0) is 23.8 Å². The predicted octanol–water partition coefficient (Wildman–Crippen LogP) is 2.65. The Morgan fingerprint density at radius 1 is 1.05 bits per heavy atom. The lowest BCUT2D eigenvalue weighted by molar-refractivity contribution is 0.637. The molecule has 3 aromatic rings. The summed E-state index contributed by atoms with van der Waals surface area (Å²) < 4.78 is 14.1. The molecule has 0 bridgehead atoms. The summed E-state index contributed by atoms with van der Waals surface area (Å²) in [7, 11) is 0. The molecule has 20 heavy (non-hydrogen) atoms. The van der Waals surface area contributed by atoms with Crippen molar-refractivity contribution in [1.29, 1.82) is 0 Å². The van der Waals surface area contributed by atoms with Crippen molar-refractivity contribution in [2.75, 3.05) is 11.5 Å². The Balaban J connectivity index is 2.32. The third-order valence-corrected chi connectivity index (χ3v) is 3.21. The van der Waals surface area contributed by atoms with Crippen LogP contribution in [0.3, 0.4) is 0 Å². The molecule has 0 radical (unpaired) electrons. The van der Waals surface area contributed by atoms with E-state index in [2.05, 4.69) is 15.0 Å². The first-order valence-corrected chi connectivity index (χ1v) is 6.05. The molecule has 5 nitrogen and oxygen atoms in total. The zero-order chi connectivity index (χ0) is 14.3. The molecule has 100 valence electrons. The van der Waals surface area contributed by atoms with Crippen molar-refractivity contribution in [3.8, 4) is 11.1 Å². The minimum absolute atomic E-state index is 0.166. The molecule has 0 aliphatic carbocycles. The van der Waals surface area contributed by atoms with Gasteiger partial charge in [0.1, 0.15) is 29.3 Å². The first-order valence-electron chi connectivity index (χ1n) is 5.67. The number of hydrogen-bond donors (Lipinski definition) is 2. The second-order valence-corrected chi connectivity index (χ2v) is 4.61. The fourth-order valence-corrected chi connectivity index (χ4v) is 2.19. The van der Waals surface area contributed by atoms with E-state index < -0.39 is 5.82 Å². The second-order valence-electron chi connectivity index (χ2n) is 4.20. The monoisotopic (exact) mass is 289 g/mol. The molecule has 7 heteroatoms. The topological polar surface area (TPSA) is 90.7 Å². The molecule has 0 unspecified atom stereocenters. The van der Waals surface area contributed by atoms with Crippen molar-refractivity contribution in [3.05, 3.63) is 41.6 Å². The summed E-state index contributed by atoms with van der Waals surface area (Å²) in [5.74, 6) is -0.00543. The van der Waals surface area contributed by atoms with Crippen LogP contribution in [0.1, 0.15) is 0 Å². The first kappa shape index (κ1) is 12.6. The quantitative estimate of drug-likeness (QED) is 0.718. The average molecular weight is 290 g/mol. The molecule has 0 saturated carbocycles. The van der Waals surface area contributed by atoms with E-state index >= 15 is 0 Å². The largest absolute Gasteiger partial charge is 0.384 e. The van der Waals surface area contributed by atoms with Gasteiger partial charge in [-0.1, -0.05) is 11.6 Å². The average Bonchev–Trinajstić information content (AvgIpc) is 2.42. The molecular formula is C13H9ClFN5. The van der Waals surface area contributed by atoms with E-state index in [0.29, 0.717) is 27.4 Å². The molecule has 2 aromatic heterocycles. The molecule has 0 amide bonds. The Labute approximate surface area is 118 Å². The third-order valence-electron chi connectivity index (χ3n) is 2.91. The molecule has 2 heterocycles. The number of nitrogen functional groups attached to an aromatic ring is 2. The van der Waals surface area contributed by atoms with Crippen LogP contribution < -0.4 is 11.5 Å². The number of nitrogens with two attached hydrogens (primary N) is 2. The first-order chi connectivity index (χ1) is 9.56. The highest BCUT2D eigenvalue weighted by Gasteiger charge is 2.12. The fraction of sp³-hybridized carbons (Fsp3) is 0. The van der Waals surface area contributed by atoms with Crippen LogP contribution in [0, 0.1) is 5.82 Å². The summed E-state index contributed by atoms with van der Waals surface area (Å²) in [5, 5.41) is 0.794. The fourth-order valence-electron chi connectivity index (χ4n) is 1.98. The number of pyridine rings is 1. The zero-order valence-corrected chi connectivity index (χ0v) is 10.9. The van der Waals surface area contributed by atoms with Gasteiger partial charge in [0.25, 0.3) is 0 Å². The molecular weight excluding hydrogens is 281 g/mol. The Bertz CT molecular complexity index is 821. The van der Waals surface area contributed by atoms with Gasteiger partial charge in [0.05, 0.1) is 5.02 Å². The molecule has 0 spiro atoms. The lowest BCUT2D eigenvalue weighted by Gasteiger charge is -2.08. The maximum absolute atomic E-state index is 14.1. The van der Waals surface area contributed by atoms with E-state index in [1.165, 1.54) is 18.6 Å². The van der Waals surface area contributed by atoms with Crippen LogP contribution in [-0.2, 0) is 0 Å². The number of hydrogen-bond acceptors (Lipinski definition) is 5. The van der Waals surface area contributed by atoms with Crippen molar-refractivity contribution in [2.24, 2.45) is 0 Å². The van der Waals surface area contributed by atoms with Crippen LogP contribution in [0.5, 0.6) is 0 Å². The second kappa shape index (κ2) is 4.57. The van der Waals surface area contributed by atoms with E-state index in [0.717, 1.165) is 0 Å². The van der Waals surface area contributed by atoms with Crippen LogP contribution in [-0.4, -0.2) is 15.0 Å². The minimum atomic E-state index is -0.502. The van der Waals surface area contributed by atoms with Crippen LogP contribution in [0.15, 0.2) is 30.7 Å². The maximum atomic E-state index is 14.1. The Morgan fingerprint density at radius 3 is 2.65 bits per heavy atom. The van der Waals surface area contributed by atoms with Gasteiger partial charge in [-0.2, -0.15) is 0 Å². The summed E-state index contributed by atoms with van der Waals surface area (Å²) in [4.78, 5) is 11.6. The molecule has 3 rings (SSSR count). The van der Waals surface area contributed by atoms with E-state index in [9.17, 15) is 4.39 Å². The molecule has 0 saturated heterocycles. The summed E-state index contributed by atoms with van der Waals surface area (Å²) in [6, 6.07) is 4.58. The standard InChI is InChI=1S/C13H9ClFN5/c14-9-4-18-11(16)3-7(9)6-1-8-12(10(15)2-6)19-5-20-13(8)17/h1-5H,(H2,16,18)(H2,17,19,20). The number of aromatic nitrogens is 3. The number of nitrogens with zero attached hydrogens (tertiary/aromatic N) is 3. The number of benzene rings is 1. The van der Waals surface area contributed by atoms with Gasteiger partial charge in [-0.3, -0.25) is 0 Å². The van der Waals surface area contributed by atoms with Crippen molar-refractivity contribution in [2.45, 2.75) is 0 Å². The third kappa shape index (κ3) is 2.00. The molecule has 0 fully saturated rings. The number of halogens is 2. The molecule has 0 aliphatic rings. The SMILES string of the molecule is Nc1cc(-c2cc(F)c3ncnc(N)c3c2)c(Cl)cn1. The minimum Gasteiger partial charge on any atom is -0.384 e. The molecule has 1 aromatic carbocycles. The van der Waals surface area contributed by atoms with Gasteiger partial charge < -0.3 is 11.5 Å². The summed E-state index contributed by atoms with van der Waals surface area (Å²) in [6.07, 6.45) is 2.64. The van der Waals surface area contributed by atoms with Gasteiger partial charge in [-0.25, -0.2) is 19.3 Å². The summed E-state index contributed by atoms with van der Waals surface area (Å²) in [6.45, 7) is 0. The molecule has 4 N–H and O–H groups in total. The highest BCUT2D eigenvalue weighted by Crippen LogP contribution is 2.32. The smallest absolute Gasteiger partial charge is 0.150 e. The van der Waals surface area contributed by atoms with E-state index in [4.69, 9.17) is 23.1 Å². The van der Waals surface area contributed by atoms with E-state index in [1.807, 2.05) is 0 Å². The molecule has 0 atom stereocenters. The van der Waals surface area contributed by atoms with Gasteiger partial charge in [0.15, 0.2) is 0 Å². The van der Waals surface area contributed by atoms with Crippen molar-refractivity contribution in [1.82, 2.24) is 15.0 Å². The van der Waals surface area contributed by atoms with Crippen LogP contribution >= 0.6 is 11.6 Å². The highest BCUT2D eigenvalue weighted by molar-refractivity contribution is 6.33. The van der Waals surface area contributed by atoms with Gasteiger partial charge in [0.2, 0.25) is 0 Å². The van der Waals surface area contributed by atoms with Crippen LogP contribution in [0.25, 0.3) is 22.0 Å². The maximum Gasteiger partial charge on any atom is 0.150 e. The highest BCUT2D eigenvalue weighted by atomic mass is 35.5. The summed E-state index contributed by atoms with van der Waals surface area (Å²) >= 11 is 6.07. The van der Waals surface area contributed by atoms with Crippen molar-refractivity contribution in [3.63, 3.8) is 0 Å². The van der Waals surface area contributed by atoms with Crippen LogP contribution in [0.4, 0.5) is 16.0 Å². The van der Waals surface area contributed by atoms with Crippen molar-refractivity contribution < 1.29 is 4.39 Å². The number of anilines is 2. The lowest BCUT2D eigenvalue weighted by atomic mass is 10.0. The Morgan fingerprint density at radius 2 is 1.85 bits per heavy atom. The van der Waals surface area contributed by atoms with Gasteiger partial charge in [-0.15, -0.1) is 0 Å². The summed E-state index contributed by atoms with van der Waals surface area (Å²) in [5.41, 5.74) is 12.7. The van der Waals surface area contributed by atoms with E-state index in [-0.39, 0.29) is 11.3 Å². The number of fused-ring (bicyclic) bond motifs is 1. The van der Waals surface area contributed by atoms with Crippen LogP contribution in [0.2, 0.25) is 5.02 Å². The lowest BCUT2D eigenvalue weighted by Crippen LogP contribution is -1.96. The van der Waals surface area contributed by atoms with Crippen molar-refractivity contribution >= 4 is 34.1 Å². The Kier molecular flexibility index (Phi) is 2.87. The van der Waals surface area contributed by atoms with Gasteiger partial charge in [0, 0.05) is 17.1 Å². The zero-order valence-electron chi connectivity index (χ0n) is 10.1. The van der Waals surface area contributed by atoms with Gasteiger partial charge >= 0.3 is 0 Å². The number of rotatable bonds is 1. The van der Waals surface area contributed by atoms with E-state index in [1.54, 1.807) is 12.1 Å². The molecule has 0 aliphatic heterocycles.